The van der Waals surface area contributed by atoms with Gasteiger partial charge in [-0.15, -0.1) is 0 Å². The van der Waals surface area contributed by atoms with Crippen LogP contribution in [-0.4, -0.2) is 20.9 Å². The summed E-state index contributed by atoms with van der Waals surface area (Å²) in [6, 6.07) is 12.5. The summed E-state index contributed by atoms with van der Waals surface area (Å²) >= 11 is 0. The summed E-state index contributed by atoms with van der Waals surface area (Å²) in [7, 11) is 0. The zero-order chi connectivity index (χ0) is 15.9. The van der Waals surface area contributed by atoms with Crippen molar-refractivity contribution in [2.75, 3.05) is 0 Å². The van der Waals surface area contributed by atoms with Gasteiger partial charge in [0.1, 0.15) is 5.75 Å². The van der Waals surface area contributed by atoms with E-state index in [1.54, 1.807) is 55.1 Å². The molecule has 0 aliphatic carbocycles. The van der Waals surface area contributed by atoms with Crippen molar-refractivity contribution in [2.45, 2.75) is 6.54 Å². The van der Waals surface area contributed by atoms with Gasteiger partial charge in [0.05, 0.1) is 0 Å². The van der Waals surface area contributed by atoms with E-state index in [1.807, 2.05) is 12.1 Å². The molecule has 0 aliphatic heterocycles. The molecule has 1 amide bonds. The Kier molecular flexibility index (Phi) is 4.54. The Morgan fingerprint density at radius 3 is 2.48 bits per heavy atom. The predicted molar refractivity (Wildman–Crippen MR) is 84.0 cm³/mol. The summed E-state index contributed by atoms with van der Waals surface area (Å²) in [6.45, 7) is 0.433. The van der Waals surface area contributed by atoms with Gasteiger partial charge in [-0.1, -0.05) is 6.07 Å². The Hall–Kier alpha value is -3.28. The third-order valence-corrected chi connectivity index (χ3v) is 3.04. The van der Waals surface area contributed by atoms with Crippen LogP contribution in [0.5, 0.6) is 11.8 Å². The van der Waals surface area contributed by atoms with Crippen LogP contribution in [0, 0.1) is 0 Å². The number of carbonyl (C=O) groups excluding carboxylic acids is 1. The van der Waals surface area contributed by atoms with Crippen LogP contribution in [0.25, 0.3) is 0 Å². The second-order valence-corrected chi connectivity index (χ2v) is 4.70. The molecule has 3 rings (SSSR count). The molecule has 0 bridgehead atoms. The van der Waals surface area contributed by atoms with E-state index in [0.29, 0.717) is 17.9 Å². The molecule has 2 heterocycles. The summed E-state index contributed by atoms with van der Waals surface area (Å²) in [5.41, 5.74) is 1.50. The highest BCUT2D eigenvalue weighted by atomic mass is 16.5. The maximum atomic E-state index is 12.1. The topological polar surface area (TPSA) is 77.0 Å². The molecule has 1 N–H and O–H groups in total. The SMILES string of the molecule is O=C(NCc1cccnc1)c1ccc(Oc2ncccn2)cc1. The van der Waals surface area contributed by atoms with Crippen LogP contribution in [0.1, 0.15) is 15.9 Å². The van der Waals surface area contributed by atoms with Crippen LogP contribution in [0.3, 0.4) is 0 Å². The van der Waals surface area contributed by atoms with Crippen LogP contribution in [0.4, 0.5) is 0 Å². The number of amides is 1. The van der Waals surface area contributed by atoms with Gasteiger partial charge in [-0.2, -0.15) is 0 Å². The molecular weight excluding hydrogens is 292 g/mol. The Morgan fingerprint density at radius 2 is 1.78 bits per heavy atom. The number of rotatable bonds is 5. The van der Waals surface area contributed by atoms with Gasteiger partial charge in [0, 0.05) is 36.9 Å². The van der Waals surface area contributed by atoms with Gasteiger partial charge < -0.3 is 10.1 Å². The zero-order valence-electron chi connectivity index (χ0n) is 12.2. The van der Waals surface area contributed by atoms with Crippen molar-refractivity contribution in [2.24, 2.45) is 0 Å². The van der Waals surface area contributed by atoms with Crippen molar-refractivity contribution in [1.29, 1.82) is 0 Å². The predicted octanol–water partition coefficient (Wildman–Crippen LogP) is 2.59. The van der Waals surface area contributed by atoms with Gasteiger partial charge in [0.2, 0.25) is 0 Å². The van der Waals surface area contributed by atoms with E-state index in [9.17, 15) is 4.79 Å². The number of hydrogen-bond acceptors (Lipinski definition) is 5. The summed E-state index contributed by atoms with van der Waals surface area (Å²) in [5.74, 6) is 0.413. The lowest BCUT2D eigenvalue weighted by Gasteiger charge is -2.06. The van der Waals surface area contributed by atoms with Gasteiger partial charge in [-0.05, 0) is 42.0 Å². The molecule has 1 aromatic carbocycles. The summed E-state index contributed by atoms with van der Waals surface area (Å²) in [6.07, 6.45) is 6.61. The fraction of sp³-hybridized carbons (Fsp3) is 0.0588. The number of aromatic nitrogens is 3. The van der Waals surface area contributed by atoms with E-state index >= 15 is 0 Å². The highest BCUT2D eigenvalue weighted by Crippen LogP contribution is 2.17. The Labute approximate surface area is 133 Å². The standard InChI is InChI=1S/C17H14N4O2/c22-16(21-12-13-3-1-8-18-11-13)14-4-6-15(7-5-14)23-17-19-9-2-10-20-17/h1-11H,12H2,(H,21,22). The van der Waals surface area contributed by atoms with E-state index in [0.717, 1.165) is 5.56 Å². The molecule has 0 aliphatic rings. The first-order chi connectivity index (χ1) is 11.3. The average molecular weight is 306 g/mol. The van der Waals surface area contributed by atoms with E-state index in [2.05, 4.69) is 20.3 Å². The largest absolute Gasteiger partial charge is 0.424 e. The molecule has 114 valence electrons. The molecule has 3 aromatic rings. The Morgan fingerprint density at radius 1 is 1.00 bits per heavy atom. The first-order valence-electron chi connectivity index (χ1n) is 7.03. The summed E-state index contributed by atoms with van der Waals surface area (Å²) in [5, 5.41) is 2.84. The van der Waals surface area contributed by atoms with Crippen LogP contribution in [0.2, 0.25) is 0 Å². The molecule has 0 spiro atoms. The van der Waals surface area contributed by atoms with Crippen LogP contribution < -0.4 is 10.1 Å². The van der Waals surface area contributed by atoms with Gasteiger partial charge in [0.15, 0.2) is 0 Å². The van der Waals surface area contributed by atoms with E-state index in [-0.39, 0.29) is 11.9 Å². The fourth-order valence-corrected chi connectivity index (χ4v) is 1.90. The molecule has 0 saturated carbocycles. The van der Waals surface area contributed by atoms with Crippen LogP contribution in [0.15, 0.2) is 67.3 Å². The second-order valence-electron chi connectivity index (χ2n) is 4.70. The van der Waals surface area contributed by atoms with Crippen molar-refractivity contribution in [3.8, 4) is 11.8 Å². The van der Waals surface area contributed by atoms with E-state index < -0.39 is 0 Å². The summed E-state index contributed by atoms with van der Waals surface area (Å²) < 4.78 is 5.48. The highest BCUT2D eigenvalue weighted by Gasteiger charge is 2.06. The van der Waals surface area contributed by atoms with Crippen molar-refractivity contribution in [3.63, 3.8) is 0 Å². The highest BCUT2D eigenvalue weighted by molar-refractivity contribution is 5.94. The van der Waals surface area contributed by atoms with Crippen molar-refractivity contribution < 1.29 is 9.53 Å². The second kappa shape index (κ2) is 7.13. The molecule has 0 unspecified atom stereocenters. The van der Waals surface area contributed by atoms with Gasteiger partial charge in [-0.3, -0.25) is 9.78 Å². The third kappa shape index (κ3) is 4.10. The molecule has 0 atom stereocenters. The fourth-order valence-electron chi connectivity index (χ4n) is 1.90. The molecule has 6 nitrogen and oxygen atoms in total. The Balaban J connectivity index is 1.59. The lowest BCUT2D eigenvalue weighted by atomic mass is 10.2. The molecule has 2 aromatic heterocycles. The van der Waals surface area contributed by atoms with Gasteiger partial charge in [-0.25, -0.2) is 9.97 Å². The molecule has 23 heavy (non-hydrogen) atoms. The van der Waals surface area contributed by atoms with Gasteiger partial charge >= 0.3 is 6.01 Å². The number of carbonyl (C=O) groups is 1. The third-order valence-electron chi connectivity index (χ3n) is 3.04. The minimum Gasteiger partial charge on any atom is -0.424 e. The van der Waals surface area contributed by atoms with Crippen molar-refractivity contribution in [1.82, 2.24) is 20.3 Å². The lowest BCUT2D eigenvalue weighted by molar-refractivity contribution is 0.0951. The molecule has 6 heteroatoms. The monoisotopic (exact) mass is 306 g/mol. The van der Waals surface area contributed by atoms with Crippen molar-refractivity contribution >= 4 is 5.91 Å². The maximum absolute atomic E-state index is 12.1. The number of pyridine rings is 1. The maximum Gasteiger partial charge on any atom is 0.321 e. The smallest absolute Gasteiger partial charge is 0.321 e. The quantitative estimate of drug-likeness (QED) is 0.784. The zero-order valence-corrected chi connectivity index (χ0v) is 12.2. The number of nitrogens with zero attached hydrogens (tertiary/aromatic N) is 3. The number of nitrogens with one attached hydrogen (secondary N) is 1. The molecule has 0 saturated heterocycles. The lowest BCUT2D eigenvalue weighted by Crippen LogP contribution is -2.22. The van der Waals surface area contributed by atoms with E-state index in [1.165, 1.54) is 0 Å². The van der Waals surface area contributed by atoms with Crippen LogP contribution in [-0.2, 0) is 6.54 Å². The first-order valence-corrected chi connectivity index (χ1v) is 7.03. The van der Waals surface area contributed by atoms with E-state index in [4.69, 9.17) is 4.74 Å². The Bertz CT molecular complexity index is 762. The van der Waals surface area contributed by atoms with Crippen LogP contribution >= 0.6 is 0 Å². The van der Waals surface area contributed by atoms with Gasteiger partial charge in [0.25, 0.3) is 5.91 Å². The molecule has 0 radical (unpaired) electrons. The number of ether oxygens (including phenoxy) is 1. The van der Waals surface area contributed by atoms with Crippen molar-refractivity contribution in [3.05, 3.63) is 78.4 Å². The average Bonchev–Trinajstić information content (AvgIpc) is 2.62. The normalized spacial score (nSPS) is 10.1. The number of hydrogen-bond donors (Lipinski definition) is 1. The minimum atomic E-state index is -0.156. The molecule has 0 fully saturated rings. The summed E-state index contributed by atoms with van der Waals surface area (Å²) in [4.78, 5) is 24.0. The minimum absolute atomic E-state index is 0.156. The first kappa shape index (κ1) is 14.6. The molecular formula is C17H14N4O2. The number of benzene rings is 1.